The highest BCUT2D eigenvalue weighted by Gasteiger charge is 2.20. The van der Waals surface area contributed by atoms with Gasteiger partial charge in [-0.3, -0.25) is 0 Å². The molecule has 0 aliphatic heterocycles. The Labute approximate surface area is 284 Å². The molecule has 0 bridgehead atoms. The highest BCUT2D eigenvalue weighted by Crippen LogP contribution is 2.38. The summed E-state index contributed by atoms with van der Waals surface area (Å²) in [6.07, 6.45) is 2.08. The third-order valence-corrected chi connectivity index (χ3v) is 10.0. The number of rotatable bonds is 8. The van der Waals surface area contributed by atoms with Gasteiger partial charge < -0.3 is 25.5 Å². The monoisotopic (exact) mass is 644 g/mol. The Morgan fingerprint density at radius 3 is 0.979 bits per heavy atom. The van der Waals surface area contributed by atoms with Crippen molar-refractivity contribution in [3.05, 3.63) is 143 Å². The molecule has 0 heterocycles. The van der Waals surface area contributed by atoms with Crippen LogP contribution in [0.15, 0.2) is 48.5 Å². The molecule has 0 saturated carbocycles. The van der Waals surface area contributed by atoms with E-state index in [1.165, 1.54) is 0 Å². The van der Waals surface area contributed by atoms with E-state index in [1.54, 1.807) is 0 Å². The average Bonchev–Trinajstić information content (AvgIpc) is 3.02. The molecule has 0 aliphatic carbocycles. The molecule has 5 rings (SSSR count). The quantitative estimate of drug-likeness (QED) is 0.116. The highest BCUT2D eigenvalue weighted by molar-refractivity contribution is 5.57. The molecule has 5 aromatic carbocycles. The van der Waals surface area contributed by atoms with Crippen LogP contribution in [-0.4, -0.2) is 25.5 Å². The fraction of sp³-hybridized carbons (Fsp3) is 0.302. The maximum absolute atomic E-state index is 11.7. The molecule has 0 atom stereocenters. The van der Waals surface area contributed by atoms with E-state index >= 15 is 0 Å². The first-order valence-electron chi connectivity index (χ1n) is 16.6. The topological polar surface area (TPSA) is 101 Å². The van der Waals surface area contributed by atoms with Crippen LogP contribution in [0.4, 0.5) is 0 Å². The number of benzene rings is 5. The van der Waals surface area contributed by atoms with Gasteiger partial charge in [-0.2, -0.15) is 0 Å². The fourth-order valence-electron chi connectivity index (χ4n) is 7.21. The molecule has 5 N–H and O–H groups in total. The summed E-state index contributed by atoms with van der Waals surface area (Å²) in [7, 11) is 0. The molecule has 48 heavy (non-hydrogen) atoms. The smallest absolute Gasteiger partial charge is 0.122 e. The highest BCUT2D eigenvalue weighted by atomic mass is 16.3. The minimum Gasteiger partial charge on any atom is -0.507 e. The van der Waals surface area contributed by atoms with Gasteiger partial charge >= 0.3 is 0 Å². The number of hydrogen-bond donors (Lipinski definition) is 5. The van der Waals surface area contributed by atoms with Gasteiger partial charge in [-0.25, -0.2) is 0 Å². The minimum absolute atomic E-state index is 0.258. The van der Waals surface area contributed by atoms with Crippen molar-refractivity contribution in [3.8, 4) is 28.7 Å². The zero-order chi connectivity index (χ0) is 35.2. The van der Waals surface area contributed by atoms with E-state index in [4.69, 9.17) is 0 Å². The average molecular weight is 645 g/mol. The van der Waals surface area contributed by atoms with Crippen LogP contribution in [0, 0.1) is 62.3 Å². The summed E-state index contributed by atoms with van der Waals surface area (Å²) in [6, 6.07) is 15.9. The molecule has 5 heteroatoms. The zero-order valence-corrected chi connectivity index (χ0v) is 29.7. The first-order valence-corrected chi connectivity index (χ1v) is 16.6. The first kappa shape index (κ1) is 34.4. The van der Waals surface area contributed by atoms with Gasteiger partial charge in [-0.15, -0.1) is 0 Å². The van der Waals surface area contributed by atoms with Crippen LogP contribution in [0.3, 0.4) is 0 Å². The van der Waals surface area contributed by atoms with Crippen LogP contribution in [0.2, 0.25) is 0 Å². The Balaban J connectivity index is 1.49. The lowest BCUT2D eigenvalue weighted by molar-refractivity contribution is 0.462. The molecule has 0 radical (unpaired) electrons. The van der Waals surface area contributed by atoms with E-state index in [-0.39, 0.29) is 17.2 Å². The fourth-order valence-corrected chi connectivity index (χ4v) is 7.21. The molecule has 0 amide bonds. The molecule has 250 valence electrons. The van der Waals surface area contributed by atoms with E-state index < -0.39 is 0 Å². The van der Waals surface area contributed by atoms with Gasteiger partial charge in [0, 0.05) is 36.8 Å². The van der Waals surface area contributed by atoms with Crippen LogP contribution in [0.1, 0.15) is 94.6 Å². The second kappa shape index (κ2) is 13.3. The molecule has 0 aromatic heterocycles. The van der Waals surface area contributed by atoms with Gasteiger partial charge in [0.15, 0.2) is 0 Å². The Bertz CT molecular complexity index is 1880. The van der Waals surface area contributed by atoms with Crippen molar-refractivity contribution in [1.82, 2.24) is 0 Å². The normalized spacial score (nSPS) is 11.4. The summed E-state index contributed by atoms with van der Waals surface area (Å²) in [5, 5.41) is 54.5. The summed E-state index contributed by atoms with van der Waals surface area (Å²) in [5.41, 5.74) is 15.3. The molecule has 5 nitrogen and oxygen atoms in total. The predicted octanol–water partition coefficient (Wildman–Crippen LogP) is 9.35. The van der Waals surface area contributed by atoms with Crippen LogP contribution < -0.4 is 0 Å². The van der Waals surface area contributed by atoms with Crippen molar-refractivity contribution < 1.29 is 25.5 Å². The van der Waals surface area contributed by atoms with Gasteiger partial charge in [0.1, 0.15) is 28.7 Å². The van der Waals surface area contributed by atoms with Crippen molar-refractivity contribution >= 4 is 0 Å². The van der Waals surface area contributed by atoms with E-state index in [0.29, 0.717) is 37.2 Å². The van der Waals surface area contributed by atoms with Gasteiger partial charge in [-0.1, -0.05) is 54.1 Å². The Morgan fingerprint density at radius 2 is 0.646 bits per heavy atom. The van der Waals surface area contributed by atoms with E-state index in [9.17, 15) is 25.5 Å². The van der Waals surface area contributed by atoms with Crippen molar-refractivity contribution in [2.24, 2.45) is 0 Å². The third-order valence-electron chi connectivity index (χ3n) is 10.0. The maximum atomic E-state index is 11.7. The van der Waals surface area contributed by atoms with Crippen LogP contribution >= 0.6 is 0 Å². The Morgan fingerprint density at radius 1 is 0.333 bits per heavy atom. The van der Waals surface area contributed by atoms with Crippen LogP contribution in [0.25, 0.3) is 0 Å². The lowest BCUT2D eigenvalue weighted by Crippen LogP contribution is -2.04. The predicted molar refractivity (Wildman–Crippen MR) is 194 cm³/mol. The van der Waals surface area contributed by atoms with Gasteiger partial charge in [0.25, 0.3) is 0 Å². The second-order valence-electron chi connectivity index (χ2n) is 13.9. The van der Waals surface area contributed by atoms with Gasteiger partial charge in [-0.05, 0) is 140 Å². The van der Waals surface area contributed by atoms with Crippen molar-refractivity contribution in [2.45, 2.75) is 88.0 Å². The van der Waals surface area contributed by atoms with Crippen molar-refractivity contribution in [2.75, 3.05) is 0 Å². The number of aryl methyl sites for hydroxylation is 7. The largest absolute Gasteiger partial charge is 0.507 e. The summed E-state index contributed by atoms with van der Waals surface area (Å²) >= 11 is 0. The lowest BCUT2D eigenvalue weighted by atomic mass is 9.87. The SMILES string of the molecule is Cc1cc(Cc2cc(C)c(O)c(Cc3cc(C)c(O)c(C)c3)c2C)c(O)c(Cc2cc(C)c(O)c(Cc3cc(C)c(O)c(C)c3)c2C)c1. The maximum Gasteiger partial charge on any atom is 0.122 e. The van der Waals surface area contributed by atoms with E-state index in [1.807, 2.05) is 111 Å². The molecular formula is C43H48O5. The molecule has 0 fully saturated rings. The standard InChI is InChI=1S/C43H48O5/c1-22-10-35(20-33-16-27(6)41(46)37(29(33)8)18-31-12-23(2)39(44)24(3)13-31)43(48)36(11-22)21-34-17-28(7)42(47)38(30(34)9)19-32-14-25(4)40(45)26(5)15-32/h10-17,44-48H,18-21H2,1-9H3. The second-order valence-corrected chi connectivity index (χ2v) is 13.9. The summed E-state index contributed by atoms with van der Waals surface area (Å²) in [6.45, 7) is 17.5. The van der Waals surface area contributed by atoms with E-state index in [2.05, 4.69) is 0 Å². The number of phenolic OH excluding ortho intramolecular Hbond substituents is 5. The summed E-state index contributed by atoms with van der Waals surface area (Å²) in [5.74, 6) is 1.41. The lowest BCUT2D eigenvalue weighted by Gasteiger charge is -2.20. The van der Waals surface area contributed by atoms with Crippen molar-refractivity contribution in [3.63, 3.8) is 0 Å². The Hall–Kier alpha value is -4.90. The van der Waals surface area contributed by atoms with Crippen molar-refractivity contribution in [1.29, 1.82) is 0 Å². The molecular weight excluding hydrogens is 596 g/mol. The van der Waals surface area contributed by atoms with Crippen LogP contribution in [-0.2, 0) is 25.7 Å². The minimum atomic E-state index is 0.258. The number of phenols is 5. The van der Waals surface area contributed by atoms with Gasteiger partial charge in [0.05, 0.1) is 0 Å². The number of hydrogen-bond acceptors (Lipinski definition) is 5. The van der Waals surface area contributed by atoms with Crippen LogP contribution in [0.5, 0.6) is 28.7 Å². The van der Waals surface area contributed by atoms with Gasteiger partial charge in [0.2, 0.25) is 0 Å². The Kier molecular flexibility index (Phi) is 9.55. The molecule has 0 spiro atoms. The number of aromatic hydroxyl groups is 5. The molecule has 0 saturated heterocycles. The zero-order valence-electron chi connectivity index (χ0n) is 29.7. The summed E-state index contributed by atoms with van der Waals surface area (Å²) in [4.78, 5) is 0. The molecule has 0 aliphatic rings. The summed E-state index contributed by atoms with van der Waals surface area (Å²) < 4.78 is 0. The van der Waals surface area contributed by atoms with E-state index in [0.717, 1.165) is 94.6 Å². The molecule has 5 aromatic rings. The third kappa shape index (κ3) is 6.73. The first-order chi connectivity index (χ1) is 22.5. The molecule has 0 unspecified atom stereocenters.